The standard InChI is InChI=1S/C13H13ClO2/c1-8(2)5-11-10-4-3-9(14)6-12(10)16-13(11)7-15/h3-4,6-8H,5H2,1-2H3. The smallest absolute Gasteiger partial charge is 0.185 e. The molecular formula is C13H13ClO2. The van der Waals surface area contributed by atoms with E-state index in [0.717, 1.165) is 23.7 Å². The summed E-state index contributed by atoms with van der Waals surface area (Å²) in [6.07, 6.45) is 1.61. The van der Waals surface area contributed by atoms with Crippen molar-refractivity contribution in [2.45, 2.75) is 20.3 Å². The molecule has 0 atom stereocenters. The molecule has 2 rings (SSSR count). The van der Waals surface area contributed by atoms with Gasteiger partial charge in [0.15, 0.2) is 12.0 Å². The van der Waals surface area contributed by atoms with E-state index in [-0.39, 0.29) is 0 Å². The zero-order valence-corrected chi connectivity index (χ0v) is 10.0. The summed E-state index contributed by atoms with van der Waals surface area (Å²) in [5, 5.41) is 1.61. The van der Waals surface area contributed by atoms with Crippen LogP contribution < -0.4 is 0 Å². The van der Waals surface area contributed by atoms with Crippen LogP contribution in [-0.4, -0.2) is 6.29 Å². The normalized spacial score (nSPS) is 11.2. The van der Waals surface area contributed by atoms with Crippen molar-refractivity contribution in [3.05, 3.63) is 34.5 Å². The number of carbonyl (C=O) groups excluding carboxylic acids is 1. The lowest BCUT2D eigenvalue weighted by Crippen LogP contribution is -1.96. The summed E-state index contributed by atoms with van der Waals surface area (Å²) in [5.41, 5.74) is 1.67. The molecule has 0 unspecified atom stereocenters. The van der Waals surface area contributed by atoms with E-state index in [1.165, 1.54) is 0 Å². The van der Waals surface area contributed by atoms with E-state index in [2.05, 4.69) is 13.8 Å². The van der Waals surface area contributed by atoms with Crippen LogP contribution in [-0.2, 0) is 6.42 Å². The minimum atomic E-state index is 0.422. The number of fused-ring (bicyclic) bond motifs is 1. The Kier molecular flexibility index (Phi) is 3.01. The molecule has 3 heteroatoms. The van der Waals surface area contributed by atoms with E-state index in [0.29, 0.717) is 22.3 Å². The first-order chi connectivity index (χ1) is 7.61. The SMILES string of the molecule is CC(C)Cc1c(C=O)oc2cc(Cl)ccc12. The quantitative estimate of drug-likeness (QED) is 0.751. The number of benzene rings is 1. The van der Waals surface area contributed by atoms with E-state index in [1.54, 1.807) is 6.07 Å². The van der Waals surface area contributed by atoms with Crippen LogP contribution >= 0.6 is 11.6 Å². The minimum Gasteiger partial charge on any atom is -0.453 e. The zero-order chi connectivity index (χ0) is 11.7. The van der Waals surface area contributed by atoms with Gasteiger partial charge in [-0.1, -0.05) is 25.4 Å². The number of halogens is 1. The number of aldehydes is 1. The molecule has 1 aromatic carbocycles. The first kappa shape index (κ1) is 11.2. The lowest BCUT2D eigenvalue weighted by Gasteiger charge is -2.02. The van der Waals surface area contributed by atoms with Gasteiger partial charge in [0, 0.05) is 22.0 Å². The third-order valence-electron chi connectivity index (χ3n) is 2.51. The largest absolute Gasteiger partial charge is 0.453 e. The number of rotatable bonds is 3. The minimum absolute atomic E-state index is 0.422. The molecule has 0 saturated heterocycles. The Bertz CT molecular complexity index is 526. The van der Waals surface area contributed by atoms with Crippen LogP contribution in [0.5, 0.6) is 0 Å². The van der Waals surface area contributed by atoms with Gasteiger partial charge in [-0.05, 0) is 24.5 Å². The van der Waals surface area contributed by atoms with Crippen LogP contribution in [0.3, 0.4) is 0 Å². The first-order valence-electron chi connectivity index (χ1n) is 5.28. The molecule has 0 aliphatic heterocycles. The van der Waals surface area contributed by atoms with Crippen molar-refractivity contribution < 1.29 is 9.21 Å². The van der Waals surface area contributed by atoms with Crippen LogP contribution in [0.4, 0.5) is 0 Å². The number of hydrogen-bond donors (Lipinski definition) is 0. The molecule has 0 saturated carbocycles. The average molecular weight is 237 g/mol. The molecule has 0 bridgehead atoms. The van der Waals surface area contributed by atoms with Gasteiger partial charge in [0.2, 0.25) is 0 Å². The van der Waals surface area contributed by atoms with Crippen molar-refractivity contribution >= 4 is 28.9 Å². The fraction of sp³-hybridized carbons (Fsp3) is 0.308. The van der Waals surface area contributed by atoms with Crippen molar-refractivity contribution in [3.63, 3.8) is 0 Å². The average Bonchev–Trinajstić information content (AvgIpc) is 2.55. The maximum Gasteiger partial charge on any atom is 0.185 e. The summed E-state index contributed by atoms with van der Waals surface area (Å²) >= 11 is 5.88. The van der Waals surface area contributed by atoms with Gasteiger partial charge < -0.3 is 4.42 Å². The predicted octanol–water partition coefficient (Wildman–Crippen LogP) is 4.10. The Labute approximate surface area is 99.2 Å². The second kappa shape index (κ2) is 4.30. The Morgan fingerprint density at radius 3 is 2.81 bits per heavy atom. The molecule has 0 amide bonds. The summed E-state index contributed by atoms with van der Waals surface area (Å²) in [5.74, 6) is 0.904. The van der Waals surface area contributed by atoms with Crippen molar-refractivity contribution in [3.8, 4) is 0 Å². The zero-order valence-electron chi connectivity index (χ0n) is 9.29. The molecule has 0 radical (unpaired) electrons. The molecular weight excluding hydrogens is 224 g/mol. The van der Waals surface area contributed by atoms with Crippen molar-refractivity contribution in [2.75, 3.05) is 0 Å². The summed E-state index contributed by atoms with van der Waals surface area (Å²) < 4.78 is 5.48. The highest BCUT2D eigenvalue weighted by molar-refractivity contribution is 6.31. The molecule has 0 aliphatic carbocycles. The Hall–Kier alpha value is -1.28. The fourth-order valence-corrected chi connectivity index (χ4v) is 2.02. The van der Waals surface area contributed by atoms with E-state index in [1.807, 2.05) is 12.1 Å². The van der Waals surface area contributed by atoms with Crippen LogP contribution in [0.15, 0.2) is 22.6 Å². The highest BCUT2D eigenvalue weighted by Gasteiger charge is 2.14. The predicted molar refractivity (Wildman–Crippen MR) is 65.2 cm³/mol. The van der Waals surface area contributed by atoms with Crippen LogP contribution in [0.2, 0.25) is 5.02 Å². The molecule has 1 heterocycles. The van der Waals surface area contributed by atoms with E-state index in [4.69, 9.17) is 16.0 Å². The molecule has 84 valence electrons. The Balaban J connectivity index is 2.63. The summed E-state index contributed by atoms with van der Waals surface area (Å²) in [6.45, 7) is 4.23. The number of hydrogen-bond acceptors (Lipinski definition) is 2. The van der Waals surface area contributed by atoms with Crippen LogP contribution in [0.1, 0.15) is 30.0 Å². The fourth-order valence-electron chi connectivity index (χ4n) is 1.86. The number of carbonyl (C=O) groups is 1. The number of furan rings is 1. The third kappa shape index (κ3) is 1.98. The van der Waals surface area contributed by atoms with E-state index in [9.17, 15) is 4.79 Å². The molecule has 2 aromatic rings. The summed E-state index contributed by atoms with van der Waals surface area (Å²) in [6, 6.07) is 5.47. The van der Waals surface area contributed by atoms with Crippen LogP contribution in [0, 0.1) is 5.92 Å². The van der Waals surface area contributed by atoms with E-state index >= 15 is 0 Å². The third-order valence-corrected chi connectivity index (χ3v) is 2.74. The molecule has 0 fully saturated rings. The Morgan fingerprint density at radius 1 is 1.44 bits per heavy atom. The van der Waals surface area contributed by atoms with E-state index < -0.39 is 0 Å². The van der Waals surface area contributed by atoms with Crippen molar-refractivity contribution in [1.29, 1.82) is 0 Å². The van der Waals surface area contributed by atoms with Crippen molar-refractivity contribution in [1.82, 2.24) is 0 Å². The van der Waals surface area contributed by atoms with Gasteiger partial charge in [0.1, 0.15) is 5.58 Å². The highest BCUT2D eigenvalue weighted by atomic mass is 35.5. The molecule has 0 N–H and O–H groups in total. The van der Waals surface area contributed by atoms with Gasteiger partial charge >= 0.3 is 0 Å². The van der Waals surface area contributed by atoms with Gasteiger partial charge in [-0.2, -0.15) is 0 Å². The molecule has 0 spiro atoms. The molecule has 1 aromatic heterocycles. The molecule has 16 heavy (non-hydrogen) atoms. The Morgan fingerprint density at radius 2 is 2.19 bits per heavy atom. The van der Waals surface area contributed by atoms with Crippen molar-refractivity contribution in [2.24, 2.45) is 5.92 Å². The topological polar surface area (TPSA) is 30.2 Å². The van der Waals surface area contributed by atoms with Gasteiger partial charge in [-0.3, -0.25) is 4.79 Å². The van der Waals surface area contributed by atoms with Gasteiger partial charge in [0.25, 0.3) is 0 Å². The summed E-state index contributed by atoms with van der Waals surface area (Å²) in [7, 11) is 0. The lowest BCUT2D eigenvalue weighted by atomic mass is 10.0. The van der Waals surface area contributed by atoms with Crippen LogP contribution in [0.25, 0.3) is 11.0 Å². The summed E-state index contributed by atoms with van der Waals surface area (Å²) in [4.78, 5) is 10.9. The maximum atomic E-state index is 10.9. The van der Waals surface area contributed by atoms with Gasteiger partial charge in [-0.25, -0.2) is 0 Å². The highest BCUT2D eigenvalue weighted by Crippen LogP contribution is 2.29. The second-order valence-electron chi connectivity index (χ2n) is 4.30. The maximum absolute atomic E-state index is 10.9. The lowest BCUT2D eigenvalue weighted by molar-refractivity contribution is 0.110. The van der Waals surface area contributed by atoms with Gasteiger partial charge in [0.05, 0.1) is 0 Å². The van der Waals surface area contributed by atoms with Gasteiger partial charge in [-0.15, -0.1) is 0 Å². The molecule has 2 nitrogen and oxygen atoms in total. The monoisotopic (exact) mass is 236 g/mol. The first-order valence-corrected chi connectivity index (χ1v) is 5.65. The second-order valence-corrected chi connectivity index (χ2v) is 4.74. The molecule has 0 aliphatic rings.